The first-order valence-corrected chi connectivity index (χ1v) is 7.57. The van der Waals surface area contributed by atoms with Gasteiger partial charge in [-0.3, -0.25) is 0 Å². The Morgan fingerprint density at radius 2 is 1.86 bits per heavy atom. The van der Waals surface area contributed by atoms with Crippen molar-refractivity contribution < 1.29 is 9.53 Å². The monoisotopic (exact) mass is 303 g/mol. The number of anilines is 1. The molecule has 2 unspecified atom stereocenters. The zero-order chi connectivity index (χ0) is 15.9. The highest BCUT2D eigenvalue weighted by Crippen LogP contribution is 2.35. The Bertz CT molecular complexity index is 579. The molecule has 2 heterocycles. The van der Waals surface area contributed by atoms with E-state index in [2.05, 4.69) is 10.1 Å². The third-order valence-corrected chi connectivity index (χ3v) is 4.16. The minimum atomic E-state index is -0.462. The third kappa shape index (κ3) is 2.77. The lowest BCUT2D eigenvalue weighted by atomic mass is 10.2. The van der Waals surface area contributed by atoms with Crippen LogP contribution in [-0.4, -0.2) is 41.8 Å². The SMILES string of the molecule is CC(C)(C)OC(=O)N1CC2CC1CN2c1ccc(N=O)cc1. The minimum absolute atomic E-state index is 0.198. The zero-order valence-electron chi connectivity index (χ0n) is 13.2. The Morgan fingerprint density at radius 3 is 2.36 bits per heavy atom. The number of hydrogen-bond donors (Lipinski definition) is 0. The van der Waals surface area contributed by atoms with E-state index >= 15 is 0 Å². The standard InChI is InChI=1S/C16H21N3O3/c1-16(2,3)22-15(20)19-10-13-8-14(19)9-18(13)12-6-4-11(17-21)5-7-12/h4-7,13-14H,8-10H2,1-3H3. The zero-order valence-corrected chi connectivity index (χ0v) is 13.2. The van der Waals surface area contributed by atoms with Gasteiger partial charge in [0.2, 0.25) is 0 Å². The maximum atomic E-state index is 12.2. The van der Waals surface area contributed by atoms with Crippen LogP contribution in [0.3, 0.4) is 0 Å². The second-order valence-corrected chi connectivity index (χ2v) is 6.94. The summed E-state index contributed by atoms with van der Waals surface area (Å²) in [4.78, 5) is 26.8. The van der Waals surface area contributed by atoms with Crippen molar-refractivity contribution in [1.82, 2.24) is 4.90 Å². The van der Waals surface area contributed by atoms with Gasteiger partial charge in [-0.15, -0.1) is 4.91 Å². The van der Waals surface area contributed by atoms with Crippen molar-refractivity contribution in [2.75, 3.05) is 18.0 Å². The Labute approximate surface area is 130 Å². The van der Waals surface area contributed by atoms with Gasteiger partial charge in [0.15, 0.2) is 0 Å². The van der Waals surface area contributed by atoms with Gasteiger partial charge in [0.25, 0.3) is 0 Å². The number of benzene rings is 1. The molecule has 2 aliphatic heterocycles. The fourth-order valence-electron chi connectivity index (χ4n) is 3.23. The summed E-state index contributed by atoms with van der Waals surface area (Å²) in [6, 6.07) is 7.78. The molecule has 2 fully saturated rings. The van der Waals surface area contributed by atoms with E-state index in [0.717, 1.165) is 18.7 Å². The van der Waals surface area contributed by atoms with E-state index in [1.807, 2.05) is 37.8 Å². The number of hydrogen-bond acceptors (Lipinski definition) is 5. The summed E-state index contributed by atoms with van der Waals surface area (Å²) in [6.07, 6.45) is 0.743. The average Bonchev–Trinajstić information content (AvgIpc) is 3.05. The van der Waals surface area contributed by atoms with Crippen molar-refractivity contribution in [2.24, 2.45) is 5.18 Å². The molecule has 6 heteroatoms. The van der Waals surface area contributed by atoms with Crippen LogP contribution in [0.4, 0.5) is 16.2 Å². The molecule has 3 rings (SSSR count). The number of likely N-dealkylation sites (tertiary alicyclic amines) is 1. The number of rotatable bonds is 2. The molecule has 1 aromatic rings. The quantitative estimate of drug-likeness (QED) is 0.787. The smallest absolute Gasteiger partial charge is 0.410 e. The van der Waals surface area contributed by atoms with Gasteiger partial charge < -0.3 is 14.5 Å². The van der Waals surface area contributed by atoms with E-state index in [1.54, 1.807) is 12.1 Å². The summed E-state index contributed by atoms with van der Waals surface area (Å²) in [5.41, 5.74) is 1.04. The molecule has 1 amide bonds. The predicted molar refractivity (Wildman–Crippen MR) is 84.4 cm³/mol. The third-order valence-electron chi connectivity index (χ3n) is 4.16. The normalized spacial score (nSPS) is 23.8. The van der Waals surface area contributed by atoms with E-state index in [1.165, 1.54) is 0 Å². The summed E-state index contributed by atoms with van der Waals surface area (Å²) in [6.45, 7) is 7.14. The number of nitroso groups, excluding NO2 is 1. The van der Waals surface area contributed by atoms with E-state index in [0.29, 0.717) is 18.3 Å². The molecular weight excluding hydrogens is 282 g/mol. The summed E-state index contributed by atoms with van der Waals surface area (Å²) in [7, 11) is 0. The van der Waals surface area contributed by atoms with E-state index in [9.17, 15) is 9.70 Å². The summed E-state index contributed by atoms with van der Waals surface area (Å²) < 4.78 is 5.47. The van der Waals surface area contributed by atoms with Gasteiger partial charge >= 0.3 is 6.09 Å². The Hall–Kier alpha value is -2.11. The molecule has 22 heavy (non-hydrogen) atoms. The second-order valence-electron chi connectivity index (χ2n) is 6.94. The lowest BCUT2D eigenvalue weighted by Gasteiger charge is -2.36. The van der Waals surface area contributed by atoms with Crippen LogP contribution in [0.5, 0.6) is 0 Å². The molecule has 0 aliphatic carbocycles. The van der Waals surface area contributed by atoms with Crippen molar-refractivity contribution in [2.45, 2.75) is 44.9 Å². The largest absolute Gasteiger partial charge is 0.444 e. The van der Waals surface area contributed by atoms with Crippen LogP contribution in [0.1, 0.15) is 27.2 Å². The number of fused-ring (bicyclic) bond motifs is 2. The fourth-order valence-corrected chi connectivity index (χ4v) is 3.23. The summed E-state index contributed by atoms with van der Waals surface area (Å²) in [5, 5.41) is 2.92. The first kappa shape index (κ1) is 14.8. The van der Waals surface area contributed by atoms with E-state index in [-0.39, 0.29) is 12.1 Å². The highest BCUT2D eigenvalue weighted by molar-refractivity contribution is 5.70. The molecule has 0 aromatic heterocycles. The van der Waals surface area contributed by atoms with Crippen molar-refractivity contribution >= 4 is 17.5 Å². The topological polar surface area (TPSA) is 62.2 Å². The molecule has 2 atom stereocenters. The molecule has 1 aromatic carbocycles. The molecule has 2 bridgehead atoms. The van der Waals surface area contributed by atoms with Gasteiger partial charge in [-0.05, 0) is 56.6 Å². The van der Waals surface area contributed by atoms with Crippen LogP contribution in [-0.2, 0) is 4.74 Å². The first-order valence-electron chi connectivity index (χ1n) is 7.57. The van der Waals surface area contributed by atoms with Crippen LogP contribution in [0.2, 0.25) is 0 Å². The Morgan fingerprint density at radius 1 is 1.18 bits per heavy atom. The molecule has 0 N–H and O–H groups in total. The van der Waals surface area contributed by atoms with Crippen molar-refractivity contribution in [3.63, 3.8) is 0 Å². The van der Waals surface area contributed by atoms with Gasteiger partial charge in [0, 0.05) is 24.8 Å². The lowest BCUT2D eigenvalue weighted by molar-refractivity contribution is 0.0215. The number of amides is 1. The summed E-state index contributed by atoms with van der Waals surface area (Å²) in [5.74, 6) is 0. The Kier molecular flexibility index (Phi) is 3.54. The molecule has 2 saturated heterocycles. The van der Waals surface area contributed by atoms with Crippen LogP contribution < -0.4 is 4.90 Å². The molecular formula is C16H21N3O3. The van der Waals surface area contributed by atoms with Gasteiger partial charge in [-0.2, -0.15) is 0 Å². The number of piperazine rings is 1. The van der Waals surface area contributed by atoms with Crippen LogP contribution in [0.15, 0.2) is 29.4 Å². The van der Waals surface area contributed by atoms with Gasteiger partial charge in [0.1, 0.15) is 11.3 Å². The first-order chi connectivity index (χ1) is 10.4. The molecule has 0 saturated carbocycles. The van der Waals surface area contributed by atoms with Crippen LogP contribution in [0.25, 0.3) is 0 Å². The lowest BCUT2D eigenvalue weighted by Crippen LogP contribution is -2.50. The molecule has 118 valence electrons. The van der Waals surface area contributed by atoms with E-state index < -0.39 is 5.60 Å². The molecule has 0 radical (unpaired) electrons. The molecule has 6 nitrogen and oxygen atoms in total. The van der Waals surface area contributed by atoms with E-state index in [4.69, 9.17) is 4.74 Å². The predicted octanol–water partition coefficient (Wildman–Crippen LogP) is 3.28. The second kappa shape index (κ2) is 5.26. The van der Waals surface area contributed by atoms with Gasteiger partial charge in [-0.1, -0.05) is 0 Å². The highest BCUT2D eigenvalue weighted by Gasteiger charge is 2.46. The fraction of sp³-hybridized carbons (Fsp3) is 0.562. The van der Waals surface area contributed by atoms with Crippen LogP contribution in [0, 0.1) is 4.91 Å². The van der Waals surface area contributed by atoms with Crippen LogP contribution >= 0.6 is 0 Å². The van der Waals surface area contributed by atoms with Crippen molar-refractivity contribution in [3.05, 3.63) is 29.2 Å². The maximum absolute atomic E-state index is 12.2. The maximum Gasteiger partial charge on any atom is 0.410 e. The Balaban J connectivity index is 1.66. The highest BCUT2D eigenvalue weighted by atomic mass is 16.6. The number of nitrogens with zero attached hydrogens (tertiary/aromatic N) is 3. The molecule has 2 aliphatic rings. The summed E-state index contributed by atoms with van der Waals surface area (Å²) >= 11 is 0. The number of carbonyl (C=O) groups excluding carboxylic acids is 1. The van der Waals surface area contributed by atoms with Gasteiger partial charge in [-0.25, -0.2) is 4.79 Å². The minimum Gasteiger partial charge on any atom is -0.444 e. The van der Waals surface area contributed by atoms with Gasteiger partial charge in [0.05, 0.1) is 6.04 Å². The molecule has 0 spiro atoms. The van der Waals surface area contributed by atoms with Crippen molar-refractivity contribution in [3.8, 4) is 0 Å². The number of ether oxygens (including phenoxy) is 1. The van der Waals surface area contributed by atoms with Crippen molar-refractivity contribution in [1.29, 1.82) is 0 Å². The number of carbonyl (C=O) groups is 1. The average molecular weight is 303 g/mol.